The molecule has 7 nitrogen and oxygen atoms in total. The summed E-state index contributed by atoms with van der Waals surface area (Å²) >= 11 is 0. The Balaban J connectivity index is 1.63. The van der Waals surface area contributed by atoms with Gasteiger partial charge in [-0.05, 0) is 42.7 Å². The Morgan fingerprint density at radius 3 is 2.60 bits per heavy atom. The van der Waals surface area contributed by atoms with E-state index in [2.05, 4.69) is 34.2 Å². The molecule has 0 saturated heterocycles. The number of nitrogens with zero attached hydrogens (tertiary/aromatic N) is 4. The van der Waals surface area contributed by atoms with Gasteiger partial charge in [0, 0.05) is 44.0 Å². The van der Waals surface area contributed by atoms with Crippen molar-refractivity contribution in [1.82, 2.24) is 19.8 Å². The third kappa shape index (κ3) is 4.10. The molecule has 0 spiro atoms. The van der Waals surface area contributed by atoms with E-state index in [4.69, 9.17) is 0 Å². The molecule has 4 aromatic rings. The van der Waals surface area contributed by atoms with E-state index in [-0.39, 0.29) is 35.2 Å². The van der Waals surface area contributed by atoms with Crippen molar-refractivity contribution in [2.45, 2.75) is 26.4 Å². The highest BCUT2D eigenvalue weighted by Gasteiger charge is 2.35. The van der Waals surface area contributed by atoms with Crippen molar-refractivity contribution in [2.75, 3.05) is 14.1 Å². The Hall–Kier alpha value is -4.26. The molecule has 5 rings (SSSR count). The number of rotatable bonds is 5. The van der Waals surface area contributed by atoms with Gasteiger partial charge in [0.15, 0.2) is 5.75 Å². The van der Waals surface area contributed by atoms with E-state index in [9.17, 15) is 14.7 Å². The fraction of sp³-hybridized carbons (Fsp3) is 0.214. The average molecular weight is 467 g/mol. The summed E-state index contributed by atoms with van der Waals surface area (Å²) in [5.74, 6) is -0.726. The number of carbonyl (C=O) groups is 2. The zero-order chi connectivity index (χ0) is 24.7. The average Bonchev–Trinajstić information content (AvgIpc) is 3.15. The minimum Gasteiger partial charge on any atom is -0.505 e. The molecule has 0 bridgehead atoms. The van der Waals surface area contributed by atoms with Crippen LogP contribution in [-0.2, 0) is 19.5 Å². The van der Waals surface area contributed by atoms with Crippen LogP contribution in [0.15, 0.2) is 60.9 Å². The maximum absolute atomic E-state index is 13.8. The number of hydrogen-bond donors (Lipinski definition) is 1. The van der Waals surface area contributed by atoms with Crippen LogP contribution in [0.2, 0.25) is 0 Å². The first kappa shape index (κ1) is 22.5. The number of amides is 2. The highest BCUT2D eigenvalue weighted by atomic mass is 16.3. The van der Waals surface area contributed by atoms with Crippen molar-refractivity contribution in [2.24, 2.45) is 0 Å². The summed E-state index contributed by atoms with van der Waals surface area (Å²) in [5.41, 5.74) is 5.34. The zero-order valence-electron chi connectivity index (χ0n) is 19.9. The summed E-state index contributed by atoms with van der Waals surface area (Å²) in [7, 11) is 3.38. The van der Waals surface area contributed by atoms with Crippen LogP contribution in [0.3, 0.4) is 0 Å². The third-order valence-corrected chi connectivity index (χ3v) is 6.45. The molecule has 1 aliphatic rings. The van der Waals surface area contributed by atoms with E-state index < -0.39 is 0 Å². The maximum Gasteiger partial charge on any atom is 0.258 e. The van der Waals surface area contributed by atoms with E-state index in [1.165, 1.54) is 10.5 Å². The van der Waals surface area contributed by atoms with Crippen molar-refractivity contribution < 1.29 is 14.7 Å². The van der Waals surface area contributed by atoms with Crippen LogP contribution < -0.4 is 0 Å². The monoisotopic (exact) mass is 466 g/mol. The van der Waals surface area contributed by atoms with Crippen LogP contribution in [0.5, 0.6) is 5.75 Å². The predicted molar refractivity (Wildman–Crippen MR) is 133 cm³/mol. The quantitative estimate of drug-likeness (QED) is 0.479. The first-order valence-electron chi connectivity index (χ1n) is 11.5. The Morgan fingerprint density at radius 1 is 1.11 bits per heavy atom. The molecule has 35 heavy (non-hydrogen) atoms. The van der Waals surface area contributed by atoms with Gasteiger partial charge in [-0.1, -0.05) is 35.9 Å². The van der Waals surface area contributed by atoms with Gasteiger partial charge in [0.25, 0.3) is 11.8 Å². The van der Waals surface area contributed by atoms with Gasteiger partial charge in [-0.2, -0.15) is 0 Å². The Labute approximate surface area is 203 Å². The van der Waals surface area contributed by atoms with E-state index >= 15 is 0 Å². The number of aromatic hydroxyl groups is 1. The van der Waals surface area contributed by atoms with Crippen molar-refractivity contribution in [1.29, 1.82) is 0 Å². The number of benzene rings is 2. The lowest BCUT2D eigenvalue weighted by atomic mass is 9.94. The molecule has 0 aliphatic carbocycles. The zero-order valence-corrected chi connectivity index (χ0v) is 19.9. The minimum atomic E-state index is -0.314. The molecule has 0 saturated carbocycles. The molecule has 1 N–H and O–H groups in total. The molecular weight excluding hydrogens is 440 g/mol. The topological polar surface area (TPSA) is 86.6 Å². The first-order valence-corrected chi connectivity index (χ1v) is 11.5. The molecule has 2 aromatic carbocycles. The molecule has 2 aromatic heterocycles. The highest BCUT2D eigenvalue weighted by molar-refractivity contribution is 6.15. The predicted octanol–water partition coefficient (Wildman–Crippen LogP) is 4.09. The minimum absolute atomic E-state index is 0.161. The van der Waals surface area contributed by atoms with Crippen LogP contribution in [-0.4, -0.2) is 50.8 Å². The number of pyridine rings is 2. The molecule has 0 radical (unpaired) electrons. The van der Waals surface area contributed by atoms with Gasteiger partial charge in [0.2, 0.25) is 0 Å². The number of fused-ring (bicyclic) bond motifs is 2. The lowest BCUT2D eigenvalue weighted by Gasteiger charge is -2.20. The Bertz CT molecular complexity index is 1450. The SMILES string of the molecule is Cc1ccc(Cc2cnc3c(O)c4c(c(C(=O)N(C)Cc5ccccn5)c3c2)CN(C)C4=O)cc1. The van der Waals surface area contributed by atoms with Crippen molar-refractivity contribution in [3.8, 4) is 5.75 Å². The number of aryl methyl sites for hydroxylation is 1. The number of aromatic nitrogens is 2. The molecule has 1 aliphatic heterocycles. The fourth-order valence-corrected chi connectivity index (χ4v) is 4.60. The van der Waals surface area contributed by atoms with Gasteiger partial charge in [-0.3, -0.25) is 19.6 Å². The van der Waals surface area contributed by atoms with Crippen molar-refractivity contribution >= 4 is 22.7 Å². The summed E-state index contributed by atoms with van der Waals surface area (Å²) < 4.78 is 0. The molecule has 0 atom stereocenters. The van der Waals surface area contributed by atoms with E-state index in [1.807, 2.05) is 31.2 Å². The Morgan fingerprint density at radius 2 is 1.89 bits per heavy atom. The van der Waals surface area contributed by atoms with E-state index in [0.717, 1.165) is 16.8 Å². The number of hydrogen-bond acceptors (Lipinski definition) is 5. The molecule has 176 valence electrons. The largest absolute Gasteiger partial charge is 0.505 e. The summed E-state index contributed by atoms with van der Waals surface area (Å²) in [6.07, 6.45) is 4.02. The second-order valence-electron chi connectivity index (χ2n) is 9.12. The first-order chi connectivity index (χ1) is 16.8. The lowest BCUT2D eigenvalue weighted by molar-refractivity contribution is 0.0779. The van der Waals surface area contributed by atoms with Gasteiger partial charge >= 0.3 is 0 Å². The van der Waals surface area contributed by atoms with E-state index in [1.54, 1.807) is 31.4 Å². The van der Waals surface area contributed by atoms with Crippen molar-refractivity contribution in [3.63, 3.8) is 0 Å². The maximum atomic E-state index is 13.8. The second-order valence-corrected chi connectivity index (χ2v) is 9.12. The Kier molecular flexibility index (Phi) is 5.68. The summed E-state index contributed by atoms with van der Waals surface area (Å²) in [4.78, 5) is 38.6. The smallest absolute Gasteiger partial charge is 0.258 e. The van der Waals surface area contributed by atoms with Crippen LogP contribution >= 0.6 is 0 Å². The lowest BCUT2D eigenvalue weighted by Crippen LogP contribution is -2.28. The van der Waals surface area contributed by atoms with E-state index in [0.29, 0.717) is 29.5 Å². The fourth-order valence-electron chi connectivity index (χ4n) is 4.60. The number of phenols is 1. The second kappa shape index (κ2) is 8.83. The molecule has 0 fully saturated rings. The van der Waals surface area contributed by atoms with Crippen LogP contribution in [0.1, 0.15) is 48.7 Å². The number of carbonyl (C=O) groups excluding carboxylic acids is 2. The molecule has 7 heteroatoms. The highest BCUT2D eigenvalue weighted by Crippen LogP contribution is 2.40. The number of phenolic OH excluding ortho intramolecular Hbond substituents is 1. The van der Waals surface area contributed by atoms with Gasteiger partial charge in [-0.25, -0.2) is 0 Å². The van der Waals surface area contributed by atoms with Gasteiger partial charge < -0.3 is 14.9 Å². The van der Waals surface area contributed by atoms with Crippen LogP contribution in [0, 0.1) is 6.92 Å². The van der Waals surface area contributed by atoms with Crippen molar-refractivity contribution in [3.05, 3.63) is 100.0 Å². The van der Waals surface area contributed by atoms with Crippen LogP contribution in [0.25, 0.3) is 10.9 Å². The van der Waals surface area contributed by atoms with Gasteiger partial charge in [0.05, 0.1) is 23.4 Å². The third-order valence-electron chi connectivity index (χ3n) is 6.45. The molecular formula is C28H26N4O3. The normalized spacial score (nSPS) is 12.8. The molecule has 3 heterocycles. The molecule has 0 unspecified atom stereocenters. The summed E-state index contributed by atoms with van der Waals surface area (Å²) in [6, 6.07) is 15.7. The standard InChI is InChI=1S/C28H26N4O3/c1-17-7-9-18(10-8-17)12-19-13-21-23(27(34)31(2)15-20-6-4-5-11-29-20)22-16-32(3)28(35)24(22)26(33)25(21)30-14-19/h4-11,13-14,33H,12,15-16H2,1-3H3. The summed E-state index contributed by atoms with van der Waals surface area (Å²) in [5, 5.41) is 11.6. The molecule has 2 amide bonds. The summed E-state index contributed by atoms with van der Waals surface area (Å²) in [6.45, 7) is 2.61. The van der Waals surface area contributed by atoms with Gasteiger partial charge in [-0.15, -0.1) is 0 Å². The van der Waals surface area contributed by atoms with Crippen LogP contribution in [0.4, 0.5) is 0 Å². The van der Waals surface area contributed by atoms with Gasteiger partial charge in [0.1, 0.15) is 5.52 Å².